The number of hydrogen-bond donors (Lipinski definition) is 0. The van der Waals surface area contributed by atoms with Crippen molar-refractivity contribution in [2.45, 2.75) is 25.3 Å². The zero-order valence-electron chi connectivity index (χ0n) is 14.4. The molecule has 0 amide bonds. The summed E-state index contributed by atoms with van der Waals surface area (Å²) in [5.41, 5.74) is 0.761. The van der Waals surface area contributed by atoms with E-state index in [2.05, 4.69) is 0 Å². The molecule has 0 saturated heterocycles. The Balaban J connectivity index is 2.12. The molecule has 0 N–H and O–H groups in total. The molecule has 0 aliphatic carbocycles. The van der Waals surface area contributed by atoms with E-state index in [0.717, 1.165) is 0 Å². The lowest BCUT2D eigenvalue weighted by Gasteiger charge is -2.18. The third-order valence-electron chi connectivity index (χ3n) is 3.84. The lowest BCUT2D eigenvalue weighted by Crippen LogP contribution is -2.30. The zero-order valence-corrected chi connectivity index (χ0v) is 16.7. The zero-order chi connectivity index (χ0) is 19.3. The van der Waals surface area contributed by atoms with E-state index in [1.807, 2.05) is 0 Å². The summed E-state index contributed by atoms with van der Waals surface area (Å²) in [4.78, 5) is 12.3. The molecular formula is C18H19Cl2NO4S. The summed E-state index contributed by atoms with van der Waals surface area (Å²) in [5.74, 6) is -0.590. The molecule has 0 unspecified atom stereocenters. The number of halogens is 2. The molecule has 0 spiro atoms. The van der Waals surface area contributed by atoms with Crippen LogP contribution in [0.2, 0.25) is 10.0 Å². The maximum Gasteiger partial charge on any atom is 0.338 e. The molecule has 2 rings (SSSR count). The topological polar surface area (TPSA) is 63.7 Å². The van der Waals surface area contributed by atoms with Crippen LogP contribution in [0.3, 0.4) is 0 Å². The van der Waals surface area contributed by atoms with Gasteiger partial charge in [-0.3, -0.25) is 0 Å². The largest absolute Gasteiger partial charge is 0.457 e. The van der Waals surface area contributed by atoms with Crippen molar-refractivity contribution in [3.8, 4) is 0 Å². The number of esters is 1. The molecule has 0 aliphatic rings. The number of rotatable bonds is 7. The summed E-state index contributed by atoms with van der Waals surface area (Å²) in [7, 11) is -3.56. The van der Waals surface area contributed by atoms with E-state index in [0.29, 0.717) is 28.7 Å². The number of carbonyl (C=O) groups is 1. The Kier molecular flexibility index (Phi) is 7.06. The smallest absolute Gasteiger partial charge is 0.338 e. The molecule has 0 aliphatic heterocycles. The van der Waals surface area contributed by atoms with Crippen molar-refractivity contribution < 1.29 is 17.9 Å². The number of hydrogen-bond acceptors (Lipinski definition) is 4. The average molecular weight is 416 g/mol. The first-order valence-corrected chi connectivity index (χ1v) is 10.2. The summed E-state index contributed by atoms with van der Waals surface area (Å²) in [6.07, 6.45) is 0. The van der Waals surface area contributed by atoms with Crippen LogP contribution < -0.4 is 0 Å². The second-order valence-electron chi connectivity index (χ2n) is 5.39. The Labute approximate surface area is 163 Å². The lowest BCUT2D eigenvalue weighted by atomic mass is 10.2. The van der Waals surface area contributed by atoms with Crippen molar-refractivity contribution >= 4 is 39.2 Å². The monoisotopic (exact) mass is 415 g/mol. The molecule has 0 radical (unpaired) electrons. The van der Waals surface area contributed by atoms with Crippen LogP contribution in [0.4, 0.5) is 0 Å². The Morgan fingerprint density at radius 1 is 1.00 bits per heavy atom. The summed E-state index contributed by atoms with van der Waals surface area (Å²) in [5, 5.41) is 0.817. The molecule has 0 aromatic heterocycles. The van der Waals surface area contributed by atoms with Crippen LogP contribution in [0, 0.1) is 0 Å². The van der Waals surface area contributed by atoms with Crippen molar-refractivity contribution in [1.82, 2.24) is 4.31 Å². The van der Waals surface area contributed by atoms with Crippen LogP contribution in [0.1, 0.15) is 29.8 Å². The SMILES string of the molecule is CCN(CC)S(=O)(=O)c1ccc(C(=O)OCc2c(Cl)cccc2Cl)cc1. The molecule has 0 heterocycles. The van der Waals surface area contributed by atoms with E-state index in [1.165, 1.54) is 28.6 Å². The van der Waals surface area contributed by atoms with E-state index in [4.69, 9.17) is 27.9 Å². The van der Waals surface area contributed by atoms with Crippen LogP contribution >= 0.6 is 23.2 Å². The van der Waals surface area contributed by atoms with Gasteiger partial charge in [0.05, 0.1) is 10.5 Å². The first-order valence-electron chi connectivity index (χ1n) is 8.01. The fourth-order valence-corrected chi connectivity index (χ4v) is 4.33. The Morgan fingerprint density at radius 3 is 2.04 bits per heavy atom. The van der Waals surface area contributed by atoms with Crippen LogP contribution in [-0.2, 0) is 21.4 Å². The molecule has 5 nitrogen and oxygen atoms in total. The summed E-state index contributed by atoms with van der Waals surface area (Å²) >= 11 is 12.1. The van der Waals surface area contributed by atoms with Crippen molar-refractivity contribution in [3.63, 3.8) is 0 Å². The first kappa shape index (κ1) is 20.7. The minimum absolute atomic E-state index is 0.0726. The Hall–Kier alpha value is -1.60. The number of ether oxygens (including phenoxy) is 1. The fraction of sp³-hybridized carbons (Fsp3) is 0.278. The summed E-state index contributed by atoms with van der Waals surface area (Å²) in [6, 6.07) is 10.7. The second-order valence-corrected chi connectivity index (χ2v) is 8.14. The van der Waals surface area contributed by atoms with Crippen LogP contribution in [0.5, 0.6) is 0 Å². The maximum atomic E-state index is 12.4. The van der Waals surface area contributed by atoms with E-state index >= 15 is 0 Å². The third kappa shape index (κ3) is 4.57. The van der Waals surface area contributed by atoms with Crippen molar-refractivity contribution in [3.05, 3.63) is 63.6 Å². The summed E-state index contributed by atoms with van der Waals surface area (Å²) < 4.78 is 31.5. The van der Waals surface area contributed by atoms with Gasteiger partial charge >= 0.3 is 5.97 Å². The molecule has 0 saturated carbocycles. The highest BCUT2D eigenvalue weighted by molar-refractivity contribution is 7.89. The van der Waals surface area contributed by atoms with Gasteiger partial charge in [-0.15, -0.1) is 0 Å². The van der Waals surface area contributed by atoms with Gasteiger partial charge < -0.3 is 4.74 Å². The van der Waals surface area contributed by atoms with Gasteiger partial charge in [-0.1, -0.05) is 43.1 Å². The molecule has 2 aromatic rings. The van der Waals surface area contributed by atoms with Crippen LogP contribution in [0.25, 0.3) is 0 Å². The van der Waals surface area contributed by atoms with Gasteiger partial charge in [-0.2, -0.15) is 4.31 Å². The van der Waals surface area contributed by atoms with E-state index < -0.39 is 16.0 Å². The molecule has 2 aromatic carbocycles. The molecular weight excluding hydrogens is 397 g/mol. The highest BCUT2D eigenvalue weighted by atomic mass is 35.5. The maximum absolute atomic E-state index is 12.4. The van der Waals surface area contributed by atoms with Crippen molar-refractivity contribution in [1.29, 1.82) is 0 Å². The van der Waals surface area contributed by atoms with Crippen LogP contribution in [0.15, 0.2) is 47.4 Å². The molecule has 140 valence electrons. The minimum atomic E-state index is -3.56. The van der Waals surface area contributed by atoms with Crippen molar-refractivity contribution in [2.24, 2.45) is 0 Å². The van der Waals surface area contributed by atoms with Gasteiger partial charge in [-0.25, -0.2) is 13.2 Å². The van der Waals surface area contributed by atoms with Gasteiger partial charge in [0.25, 0.3) is 0 Å². The van der Waals surface area contributed by atoms with Crippen LogP contribution in [-0.4, -0.2) is 31.8 Å². The quantitative estimate of drug-likeness (QED) is 0.629. The normalized spacial score (nSPS) is 11.6. The Bertz CT molecular complexity index is 858. The Morgan fingerprint density at radius 2 is 1.54 bits per heavy atom. The van der Waals surface area contributed by atoms with Gasteiger partial charge in [0, 0.05) is 28.7 Å². The fourth-order valence-electron chi connectivity index (χ4n) is 2.37. The van der Waals surface area contributed by atoms with E-state index in [-0.39, 0.29) is 17.1 Å². The van der Waals surface area contributed by atoms with Gasteiger partial charge in [0.15, 0.2) is 0 Å². The third-order valence-corrected chi connectivity index (χ3v) is 6.61. The molecule has 0 fully saturated rings. The highest BCUT2D eigenvalue weighted by Gasteiger charge is 2.22. The van der Waals surface area contributed by atoms with E-state index in [9.17, 15) is 13.2 Å². The number of benzene rings is 2. The van der Waals surface area contributed by atoms with Gasteiger partial charge in [0.2, 0.25) is 10.0 Å². The predicted molar refractivity (Wildman–Crippen MR) is 102 cm³/mol. The number of sulfonamides is 1. The predicted octanol–water partition coefficient (Wildman–Crippen LogP) is 4.38. The average Bonchev–Trinajstić information content (AvgIpc) is 2.62. The molecule has 0 atom stereocenters. The van der Waals surface area contributed by atoms with Gasteiger partial charge in [-0.05, 0) is 36.4 Å². The highest BCUT2D eigenvalue weighted by Crippen LogP contribution is 2.25. The minimum Gasteiger partial charge on any atom is -0.457 e. The molecule has 8 heteroatoms. The van der Waals surface area contributed by atoms with Crippen molar-refractivity contribution in [2.75, 3.05) is 13.1 Å². The standard InChI is InChI=1S/C18H19Cl2NO4S/c1-3-21(4-2)26(23,24)14-10-8-13(9-11-14)18(22)25-12-15-16(19)6-5-7-17(15)20/h5-11H,3-4,12H2,1-2H3. The van der Waals surface area contributed by atoms with E-state index in [1.54, 1.807) is 32.0 Å². The number of carbonyl (C=O) groups excluding carboxylic acids is 1. The number of nitrogens with zero attached hydrogens (tertiary/aromatic N) is 1. The summed E-state index contributed by atoms with van der Waals surface area (Å²) in [6.45, 7) is 4.22. The first-order chi connectivity index (χ1) is 12.3. The lowest BCUT2D eigenvalue weighted by molar-refractivity contribution is 0.0473. The molecule has 0 bridgehead atoms. The second kappa shape index (κ2) is 8.86. The molecule has 26 heavy (non-hydrogen) atoms. The van der Waals surface area contributed by atoms with Gasteiger partial charge in [0.1, 0.15) is 6.61 Å².